The lowest BCUT2D eigenvalue weighted by atomic mass is 10.2. The number of ether oxygens (including phenoxy) is 3. The third-order valence-electron chi connectivity index (χ3n) is 4.58. The van der Waals surface area contributed by atoms with E-state index in [-0.39, 0.29) is 18.0 Å². The second kappa shape index (κ2) is 9.20. The molecule has 0 aliphatic carbocycles. The maximum Gasteiger partial charge on any atom is 0.240 e. The van der Waals surface area contributed by atoms with Crippen LogP contribution in [0.5, 0.6) is 17.4 Å². The second-order valence-corrected chi connectivity index (χ2v) is 8.36. The smallest absolute Gasteiger partial charge is 0.240 e. The number of aromatic nitrogens is 4. The number of nitrogens with zero attached hydrogens (tertiary/aromatic N) is 4. The first-order valence-electron chi connectivity index (χ1n) is 9.64. The summed E-state index contributed by atoms with van der Waals surface area (Å²) >= 11 is 0. The molecular formula is C21H21N5O5S. The summed E-state index contributed by atoms with van der Waals surface area (Å²) in [6, 6.07) is 17.3. The molecule has 2 aromatic carbocycles. The highest BCUT2D eigenvalue weighted by Gasteiger charge is 2.17. The van der Waals surface area contributed by atoms with Crippen molar-refractivity contribution >= 4 is 15.7 Å². The van der Waals surface area contributed by atoms with Crippen LogP contribution in [0.4, 0.5) is 0 Å². The van der Waals surface area contributed by atoms with Crippen molar-refractivity contribution in [3.05, 3.63) is 60.7 Å². The molecule has 166 valence electrons. The average Bonchev–Trinajstić information content (AvgIpc) is 3.25. The van der Waals surface area contributed by atoms with E-state index < -0.39 is 10.0 Å². The van der Waals surface area contributed by atoms with E-state index in [1.807, 2.05) is 30.3 Å². The Morgan fingerprint density at radius 1 is 0.938 bits per heavy atom. The van der Waals surface area contributed by atoms with Crippen molar-refractivity contribution in [2.75, 3.05) is 27.4 Å². The quantitative estimate of drug-likeness (QED) is 0.382. The first-order valence-corrected chi connectivity index (χ1v) is 11.1. The van der Waals surface area contributed by atoms with E-state index in [1.165, 1.54) is 32.4 Å². The van der Waals surface area contributed by atoms with Crippen LogP contribution in [-0.2, 0) is 10.0 Å². The van der Waals surface area contributed by atoms with Crippen LogP contribution in [-0.4, -0.2) is 55.6 Å². The van der Waals surface area contributed by atoms with E-state index in [9.17, 15) is 8.42 Å². The SMILES string of the molecule is COc1ccc(S(=O)(=O)NCCOc2ccc3nnc(-c4ccccc4)n3n2)cc1OC. The maximum atomic E-state index is 12.6. The lowest BCUT2D eigenvalue weighted by Gasteiger charge is -2.11. The molecule has 0 saturated carbocycles. The molecule has 32 heavy (non-hydrogen) atoms. The zero-order valence-electron chi connectivity index (χ0n) is 17.4. The molecule has 4 rings (SSSR count). The number of methoxy groups -OCH3 is 2. The van der Waals surface area contributed by atoms with Gasteiger partial charge in [0.25, 0.3) is 0 Å². The Labute approximate surface area is 184 Å². The van der Waals surface area contributed by atoms with Crippen LogP contribution in [0.1, 0.15) is 0 Å². The molecule has 0 aliphatic rings. The molecule has 10 nitrogen and oxygen atoms in total. The first kappa shape index (κ1) is 21.5. The lowest BCUT2D eigenvalue weighted by molar-refractivity contribution is 0.306. The molecule has 2 aromatic heterocycles. The van der Waals surface area contributed by atoms with Crippen LogP contribution >= 0.6 is 0 Å². The first-order chi connectivity index (χ1) is 15.5. The Morgan fingerprint density at radius 2 is 1.72 bits per heavy atom. The second-order valence-electron chi connectivity index (χ2n) is 6.59. The van der Waals surface area contributed by atoms with Crippen LogP contribution in [0.15, 0.2) is 65.6 Å². The third kappa shape index (κ3) is 4.48. The van der Waals surface area contributed by atoms with Crippen LogP contribution in [0.2, 0.25) is 0 Å². The highest BCUT2D eigenvalue weighted by Crippen LogP contribution is 2.29. The van der Waals surface area contributed by atoms with E-state index in [0.717, 1.165) is 5.56 Å². The van der Waals surface area contributed by atoms with E-state index >= 15 is 0 Å². The van der Waals surface area contributed by atoms with Gasteiger partial charge >= 0.3 is 0 Å². The van der Waals surface area contributed by atoms with Crippen LogP contribution in [0.25, 0.3) is 17.0 Å². The molecule has 0 fully saturated rings. The van der Waals surface area contributed by atoms with Gasteiger partial charge in [0.15, 0.2) is 23.0 Å². The maximum absolute atomic E-state index is 12.6. The number of hydrogen-bond donors (Lipinski definition) is 1. The number of nitrogens with one attached hydrogen (secondary N) is 1. The third-order valence-corrected chi connectivity index (χ3v) is 6.04. The molecule has 0 bridgehead atoms. The van der Waals surface area contributed by atoms with Gasteiger partial charge in [0, 0.05) is 24.2 Å². The molecule has 0 saturated heterocycles. The summed E-state index contributed by atoms with van der Waals surface area (Å²) in [6.45, 7) is 0.123. The van der Waals surface area contributed by atoms with Crippen molar-refractivity contribution in [1.29, 1.82) is 0 Å². The zero-order chi connectivity index (χ0) is 22.6. The fourth-order valence-electron chi connectivity index (χ4n) is 3.01. The number of fused-ring (bicyclic) bond motifs is 1. The summed E-state index contributed by atoms with van der Waals surface area (Å²) in [5, 5.41) is 12.7. The average molecular weight is 455 g/mol. The molecule has 0 aliphatic heterocycles. The standard InChI is InChI=1S/C21H21N5O5S/c1-29-17-9-8-16(14-18(17)30-2)32(27,28)22-12-13-31-20-11-10-19-23-24-21(26(19)25-20)15-6-4-3-5-7-15/h3-11,14,22H,12-13H2,1-2H3. The van der Waals surface area contributed by atoms with Crippen molar-refractivity contribution in [2.45, 2.75) is 4.90 Å². The van der Waals surface area contributed by atoms with E-state index in [4.69, 9.17) is 14.2 Å². The fraction of sp³-hybridized carbons (Fsp3) is 0.190. The molecule has 1 N–H and O–H groups in total. The van der Waals surface area contributed by atoms with Crippen molar-refractivity contribution in [1.82, 2.24) is 24.5 Å². The highest BCUT2D eigenvalue weighted by atomic mass is 32.2. The van der Waals surface area contributed by atoms with E-state index in [0.29, 0.717) is 28.9 Å². The Morgan fingerprint density at radius 3 is 2.47 bits per heavy atom. The Kier molecular flexibility index (Phi) is 6.19. The Bertz CT molecular complexity index is 1330. The Hall–Kier alpha value is -3.70. The largest absolute Gasteiger partial charge is 0.493 e. The number of sulfonamides is 1. The molecule has 11 heteroatoms. The zero-order valence-corrected chi connectivity index (χ0v) is 18.2. The number of benzene rings is 2. The van der Waals surface area contributed by atoms with Gasteiger partial charge in [-0.3, -0.25) is 0 Å². The number of rotatable bonds is 9. The summed E-state index contributed by atoms with van der Waals surface area (Å²) in [4.78, 5) is 0.0617. The Balaban J connectivity index is 1.41. The topological polar surface area (TPSA) is 117 Å². The van der Waals surface area contributed by atoms with Crippen molar-refractivity contribution in [3.63, 3.8) is 0 Å². The summed E-state index contributed by atoms with van der Waals surface area (Å²) in [6.07, 6.45) is 0. The summed E-state index contributed by atoms with van der Waals surface area (Å²) in [5.41, 5.74) is 1.44. The molecule has 0 spiro atoms. The molecular weight excluding hydrogens is 434 g/mol. The summed E-state index contributed by atoms with van der Waals surface area (Å²) < 4.78 is 45.1. The van der Waals surface area contributed by atoms with E-state index in [2.05, 4.69) is 20.0 Å². The van der Waals surface area contributed by atoms with Gasteiger partial charge in [-0.15, -0.1) is 15.3 Å². The molecule has 2 heterocycles. The van der Waals surface area contributed by atoms with Gasteiger partial charge in [-0.25, -0.2) is 13.1 Å². The normalized spacial score (nSPS) is 11.4. The summed E-state index contributed by atoms with van der Waals surface area (Å²) in [7, 11) is -0.827. The van der Waals surface area contributed by atoms with Crippen molar-refractivity contribution in [2.24, 2.45) is 0 Å². The molecule has 0 atom stereocenters. The molecule has 0 amide bonds. The fourth-order valence-corrected chi connectivity index (χ4v) is 4.04. The van der Waals surface area contributed by atoms with Gasteiger partial charge in [-0.1, -0.05) is 30.3 Å². The van der Waals surface area contributed by atoms with Gasteiger partial charge < -0.3 is 14.2 Å². The summed E-state index contributed by atoms with van der Waals surface area (Å²) in [5.74, 6) is 1.67. The molecule has 4 aromatic rings. The van der Waals surface area contributed by atoms with Gasteiger partial charge in [0.05, 0.1) is 19.1 Å². The minimum atomic E-state index is -3.75. The predicted molar refractivity (Wildman–Crippen MR) is 116 cm³/mol. The molecule has 0 radical (unpaired) electrons. The predicted octanol–water partition coefficient (Wildman–Crippen LogP) is 2.17. The van der Waals surface area contributed by atoms with Gasteiger partial charge in [0.1, 0.15) is 6.61 Å². The molecule has 0 unspecified atom stereocenters. The van der Waals surface area contributed by atoms with Gasteiger partial charge in [-0.2, -0.15) is 4.52 Å². The highest BCUT2D eigenvalue weighted by molar-refractivity contribution is 7.89. The monoisotopic (exact) mass is 455 g/mol. The van der Waals surface area contributed by atoms with Crippen LogP contribution in [0.3, 0.4) is 0 Å². The van der Waals surface area contributed by atoms with Gasteiger partial charge in [0.2, 0.25) is 15.9 Å². The minimum Gasteiger partial charge on any atom is -0.493 e. The van der Waals surface area contributed by atoms with Crippen molar-refractivity contribution in [3.8, 4) is 28.8 Å². The van der Waals surface area contributed by atoms with Gasteiger partial charge in [-0.05, 0) is 18.2 Å². The van der Waals surface area contributed by atoms with Crippen LogP contribution < -0.4 is 18.9 Å². The van der Waals surface area contributed by atoms with E-state index in [1.54, 1.807) is 16.6 Å². The van der Waals surface area contributed by atoms with Crippen molar-refractivity contribution < 1.29 is 22.6 Å². The minimum absolute atomic E-state index is 0.0458. The number of hydrogen-bond acceptors (Lipinski definition) is 8. The lowest BCUT2D eigenvalue weighted by Crippen LogP contribution is -2.28. The van der Waals surface area contributed by atoms with Crippen LogP contribution in [0, 0.1) is 0 Å².